The Hall–Kier alpha value is 0.769. The van der Waals surface area contributed by atoms with Crippen LogP contribution in [-0.2, 0) is 20.2 Å². The second-order valence-electron chi connectivity index (χ2n) is 2.69. The molecule has 0 amide bonds. The summed E-state index contributed by atoms with van der Waals surface area (Å²) in [6.45, 7) is 5.26. The zero-order valence-electron chi connectivity index (χ0n) is 7.28. The normalized spacial score (nSPS) is 12.3. The molecule has 0 saturated carbocycles. The van der Waals surface area contributed by atoms with Crippen LogP contribution >= 0.6 is 12.4 Å². The zero-order valence-corrected chi connectivity index (χ0v) is 9.20. The van der Waals surface area contributed by atoms with Gasteiger partial charge in [-0.2, -0.15) is 0 Å². The number of rotatable bonds is 6. The molecule has 0 aliphatic carbocycles. The summed E-state index contributed by atoms with van der Waals surface area (Å²) in [6, 6.07) is 0. The number of unbranched alkanes of at least 4 members (excludes halogenated alkanes) is 1. The molecule has 0 rings (SSSR count). The van der Waals surface area contributed by atoms with Gasteiger partial charge in [0, 0.05) is 0 Å². The van der Waals surface area contributed by atoms with Crippen LogP contribution in [0.2, 0.25) is 0 Å². The summed E-state index contributed by atoms with van der Waals surface area (Å²) >= 11 is 3.38. The quantitative estimate of drug-likeness (QED) is 0.626. The molecule has 71 valence electrons. The molecule has 0 aromatic carbocycles. The van der Waals surface area contributed by atoms with Crippen molar-refractivity contribution in [2.24, 2.45) is 5.92 Å². The zero-order chi connectivity index (χ0) is 7.82. The SMILES string of the molecule is CCCCC(CC)C[O][Fe].Cl. The van der Waals surface area contributed by atoms with E-state index in [9.17, 15) is 0 Å². The summed E-state index contributed by atoms with van der Waals surface area (Å²) in [5, 5.41) is 0. The maximum absolute atomic E-state index is 4.84. The summed E-state index contributed by atoms with van der Waals surface area (Å²) in [4.78, 5) is 0. The topological polar surface area (TPSA) is 9.23 Å². The average molecular weight is 222 g/mol. The molecule has 1 nitrogen and oxygen atoms in total. The Kier molecular flexibility index (Phi) is 14.0. The molecular weight excluding hydrogens is 203 g/mol. The van der Waals surface area contributed by atoms with Gasteiger partial charge in [-0.1, -0.05) is 0 Å². The first kappa shape index (κ1) is 14.3. The van der Waals surface area contributed by atoms with Gasteiger partial charge in [-0.05, 0) is 0 Å². The van der Waals surface area contributed by atoms with Gasteiger partial charge in [0.05, 0.1) is 0 Å². The van der Waals surface area contributed by atoms with Crippen LogP contribution in [0.1, 0.15) is 39.5 Å². The molecular formula is C8H18ClFeO. The molecule has 0 saturated heterocycles. The summed E-state index contributed by atoms with van der Waals surface area (Å²) in [5.74, 6) is 0.734. The average Bonchev–Trinajstić information content (AvgIpc) is 1.98. The van der Waals surface area contributed by atoms with E-state index in [2.05, 4.69) is 30.2 Å². The molecule has 0 aliphatic heterocycles. The molecule has 0 aliphatic rings. The molecule has 0 heterocycles. The van der Waals surface area contributed by atoms with Crippen LogP contribution in [0.15, 0.2) is 0 Å². The summed E-state index contributed by atoms with van der Waals surface area (Å²) < 4.78 is 4.84. The Morgan fingerprint density at radius 2 is 2.00 bits per heavy atom. The minimum Gasteiger partial charge on any atom is -0.147 e. The number of hydrogen-bond acceptors (Lipinski definition) is 1. The first-order chi connectivity index (χ1) is 4.85. The van der Waals surface area contributed by atoms with E-state index in [0.717, 1.165) is 12.5 Å². The van der Waals surface area contributed by atoms with E-state index in [0.29, 0.717) is 0 Å². The first-order valence-electron chi connectivity index (χ1n) is 4.07. The first-order valence-corrected chi connectivity index (χ1v) is 4.52. The molecule has 11 heavy (non-hydrogen) atoms. The molecule has 0 fully saturated rings. The van der Waals surface area contributed by atoms with E-state index in [1.54, 1.807) is 0 Å². The molecule has 0 N–H and O–H groups in total. The van der Waals surface area contributed by atoms with Crippen molar-refractivity contribution in [3.8, 4) is 0 Å². The van der Waals surface area contributed by atoms with Gasteiger partial charge >= 0.3 is 72.2 Å². The maximum atomic E-state index is 4.84. The Morgan fingerprint density at radius 3 is 2.36 bits per heavy atom. The smallest absolute Gasteiger partial charge is 0.147 e. The summed E-state index contributed by atoms with van der Waals surface area (Å²) in [7, 11) is 0. The van der Waals surface area contributed by atoms with Crippen LogP contribution in [0, 0.1) is 5.92 Å². The minimum atomic E-state index is 0. The largest absolute Gasteiger partial charge is 0.147 e. The Balaban J connectivity index is 0. The van der Waals surface area contributed by atoms with Gasteiger partial charge in [-0.3, -0.25) is 0 Å². The van der Waals surface area contributed by atoms with Crippen LogP contribution in [-0.4, -0.2) is 6.61 Å². The standard InChI is InChI=1S/C8H17O.ClH.Fe/c1-3-5-6-8(4-2)7-9;;/h8H,3-7H2,1-2H3;1H;/q-1;;+1. The van der Waals surface area contributed by atoms with E-state index < -0.39 is 0 Å². The summed E-state index contributed by atoms with van der Waals surface area (Å²) in [5.41, 5.74) is 0. The molecule has 1 unspecified atom stereocenters. The van der Waals surface area contributed by atoms with Gasteiger partial charge in [0.25, 0.3) is 0 Å². The van der Waals surface area contributed by atoms with E-state index in [1.165, 1.54) is 25.7 Å². The van der Waals surface area contributed by atoms with Crippen LogP contribution in [0.3, 0.4) is 0 Å². The van der Waals surface area contributed by atoms with Crippen LogP contribution in [0.25, 0.3) is 0 Å². The predicted octanol–water partition coefficient (Wildman–Crippen LogP) is 3.10. The van der Waals surface area contributed by atoms with E-state index in [1.807, 2.05) is 0 Å². The fourth-order valence-corrected chi connectivity index (χ4v) is 1.24. The van der Waals surface area contributed by atoms with E-state index >= 15 is 0 Å². The monoisotopic (exact) mass is 221 g/mol. The molecule has 1 atom stereocenters. The van der Waals surface area contributed by atoms with Crippen molar-refractivity contribution in [3.63, 3.8) is 0 Å². The van der Waals surface area contributed by atoms with Gasteiger partial charge in [0.1, 0.15) is 0 Å². The van der Waals surface area contributed by atoms with Crippen LogP contribution < -0.4 is 0 Å². The molecule has 3 heteroatoms. The minimum absolute atomic E-state index is 0. The van der Waals surface area contributed by atoms with Crippen molar-refractivity contribution in [3.05, 3.63) is 0 Å². The van der Waals surface area contributed by atoms with E-state index in [-0.39, 0.29) is 12.4 Å². The van der Waals surface area contributed by atoms with Gasteiger partial charge in [-0.25, -0.2) is 0 Å². The van der Waals surface area contributed by atoms with Crippen LogP contribution in [0.5, 0.6) is 0 Å². The second kappa shape index (κ2) is 10.8. The van der Waals surface area contributed by atoms with Gasteiger partial charge in [0.2, 0.25) is 0 Å². The third kappa shape index (κ3) is 8.68. The molecule has 0 aromatic rings. The Labute approximate surface area is 84.8 Å². The second-order valence-corrected chi connectivity index (χ2v) is 3.00. The van der Waals surface area contributed by atoms with Gasteiger partial charge in [-0.15, -0.1) is 12.4 Å². The fourth-order valence-electron chi connectivity index (χ4n) is 0.981. The number of hydrogen-bond donors (Lipinski definition) is 0. The fraction of sp³-hybridized carbons (Fsp3) is 1.00. The maximum Gasteiger partial charge on any atom is -0.147 e. The third-order valence-electron chi connectivity index (χ3n) is 1.84. The van der Waals surface area contributed by atoms with Crippen molar-refractivity contribution in [2.45, 2.75) is 39.5 Å². The van der Waals surface area contributed by atoms with Crippen molar-refractivity contribution < 1.29 is 20.2 Å². The predicted molar refractivity (Wildman–Crippen MR) is 46.5 cm³/mol. The summed E-state index contributed by atoms with van der Waals surface area (Å²) in [6.07, 6.45) is 5.12. The number of halogens is 1. The van der Waals surface area contributed by atoms with E-state index in [4.69, 9.17) is 3.82 Å². The van der Waals surface area contributed by atoms with Gasteiger partial charge in [0.15, 0.2) is 0 Å². The Bertz CT molecular complexity index is 71.1. The third-order valence-corrected chi connectivity index (χ3v) is 2.02. The Morgan fingerprint density at radius 1 is 1.36 bits per heavy atom. The molecule has 0 aromatic heterocycles. The molecule has 0 spiro atoms. The van der Waals surface area contributed by atoms with Crippen molar-refractivity contribution in [1.29, 1.82) is 0 Å². The molecule has 0 radical (unpaired) electrons. The van der Waals surface area contributed by atoms with Crippen molar-refractivity contribution >= 4 is 12.4 Å². The molecule has 0 bridgehead atoms. The van der Waals surface area contributed by atoms with Crippen molar-refractivity contribution in [1.82, 2.24) is 0 Å². The van der Waals surface area contributed by atoms with Gasteiger partial charge < -0.3 is 0 Å². The van der Waals surface area contributed by atoms with Crippen molar-refractivity contribution in [2.75, 3.05) is 6.61 Å². The van der Waals surface area contributed by atoms with Crippen LogP contribution in [0.4, 0.5) is 0 Å².